The van der Waals surface area contributed by atoms with Crippen LogP contribution in [0.4, 0.5) is 6.01 Å². The molecule has 1 N–H and O–H groups in total. The van der Waals surface area contributed by atoms with Gasteiger partial charge in [-0.25, -0.2) is 0 Å². The lowest BCUT2D eigenvalue weighted by Crippen LogP contribution is -1.87. The van der Waals surface area contributed by atoms with Crippen LogP contribution in [-0.2, 0) is 0 Å². The first-order chi connectivity index (χ1) is 8.78. The monoisotopic (exact) mass is 238 g/mol. The normalized spacial score (nSPS) is 10.8. The van der Waals surface area contributed by atoms with Gasteiger partial charge in [0.05, 0.1) is 0 Å². The summed E-state index contributed by atoms with van der Waals surface area (Å²) in [7, 11) is 1.80. The van der Waals surface area contributed by atoms with E-state index >= 15 is 0 Å². The van der Waals surface area contributed by atoms with Crippen molar-refractivity contribution in [2.45, 2.75) is 6.92 Å². The van der Waals surface area contributed by atoms with E-state index in [9.17, 15) is 0 Å². The third kappa shape index (κ3) is 1.74. The van der Waals surface area contributed by atoms with Crippen molar-refractivity contribution in [3.05, 3.63) is 48.2 Å². The number of oxazole rings is 1. The molecule has 0 amide bonds. The Kier molecular flexibility index (Phi) is 2.52. The maximum absolute atomic E-state index is 5.51. The van der Waals surface area contributed by atoms with Crippen molar-refractivity contribution >= 4 is 16.8 Å². The molecule has 3 heteroatoms. The topological polar surface area (TPSA) is 38.1 Å². The second kappa shape index (κ2) is 4.18. The zero-order valence-corrected chi connectivity index (χ0v) is 10.4. The van der Waals surface area contributed by atoms with Crippen molar-refractivity contribution < 1.29 is 4.42 Å². The summed E-state index contributed by atoms with van der Waals surface area (Å²) in [4.78, 5) is 4.43. The van der Waals surface area contributed by atoms with Gasteiger partial charge in [0.15, 0.2) is 0 Å². The number of fused-ring (bicyclic) bond motifs is 1. The van der Waals surface area contributed by atoms with E-state index in [0.29, 0.717) is 6.01 Å². The molecule has 3 nitrogen and oxygen atoms in total. The summed E-state index contributed by atoms with van der Waals surface area (Å²) >= 11 is 0. The summed E-state index contributed by atoms with van der Waals surface area (Å²) in [6.07, 6.45) is 0. The van der Waals surface area contributed by atoms with E-state index in [-0.39, 0.29) is 0 Å². The zero-order chi connectivity index (χ0) is 12.5. The van der Waals surface area contributed by atoms with Gasteiger partial charge in [-0.2, -0.15) is 4.98 Å². The second-order valence-electron chi connectivity index (χ2n) is 4.24. The van der Waals surface area contributed by atoms with E-state index < -0.39 is 0 Å². The molecule has 0 radical (unpaired) electrons. The Morgan fingerprint density at radius 2 is 1.83 bits per heavy atom. The average molecular weight is 238 g/mol. The third-order valence-corrected chi connectivity index (χ3v) is 3.03. The fourth-order valence-electron chi connectivity index (χ4n) is 2.11. The van der Waals surface area contributed by atoms with Gasteiger partial charge in [-0.3, -0.25) is 0 Å². The van der Waals surface area contributed by atoms with Crippen LogP contribution in [-0.4, -0.2) is 12.0 Å². The number of hydrogen-bond acceptors (Lipinski definition) is 3. The maximum Gasteiger partial charge on any atom is 0.295 e. The predicted molar refractivity (Wildman–Crippen MR) is 73.7 cm³/mol. The number of nitrogens with zero attached hydrogens (tertiary/aromatic N) is 1. The van der Waals surface area contributed by atoms with Gasteiger partial charge in [-0.05, 0) is 23.8 Å². The van der Waals surface area contributed by atoms with Gasteiger partial charge in [0.25, 0.3) is 6.01 Å². The largest absolute Gasteiger partial charge is 0.428 e. The van der Waals surface area contributed by atoms with Crippen molar-refractivity contribution in [2.75, 3.05) is 12.4 Å². The molecule has 0 fully saturated rings. The molecule has 2 aromatic carbocycles. The van der Waals surface area contributed by atoms with Crippen LogP contribution in [0.25, 0.3) is 22.0 Å². The van der Waals surface area contributed by atoms with Gasteiger partial charge in [-0.15, -0.1) is 0 Å². The van der Waals surface area contributed by atoms with E-state index in [1.54, 1.807) is 7.05 Å². The summed E-state index contributed by atoms with van der Waals surface area (Å²) in [5.74, 6) is 0.828. The molecule has 0 atom stereocenters. The molecular formula is C15H14N2O. The maximum atomic E-state index is 5.51. The van der Waals surface area contributed by atoms with Gasteiger partial charge in [0.1, 0.15) is 11.5 Å². The highest BCUT2D eigenvalue weighted by Crippen LogP contribution is 2.28. The Morgan fingerprint density at radius 3 is 2.56 bits per heavy atom. The summed E-state index contributed by atoms with van der Waals surface area (Å²) in [5, 5.41) is 5.36. The van der Waals surface area contributed by atoms with Crippen LogP contribution in [0.2, 0.25) is 0 Å². The third-order valence-electron chi connectivity index (χ3n) is 3.03. The molecule has 0 aliphatic heterocycles. The molecule has 0 saturated carbocycles. The minimum Gasteiger partial charge on any atom is -0.428 e. The van der Waals surface area contributed by atoms with E-state index in [1.807, 2.05) is 19.1 Å². The summed E-state index contributed by atoms with van der Waals surface area (Å²) in [5.41, 5.74) is 1.97. The Balaban J connectivity index is 2.15. The number of aryl methyl sites for hydroxylation is 1. The zero-order valence-electron chi connectivity index (χ0n) is 10.4. The summed E-state index contributed by atoms with van der Waals surface area (Å²) in [6.45, 7) is 1.93. The van der Waals surface area contributed by atoms with Gasteiger partial charge in [-0.1, -0.05) is 36.4 Å². The number of nitrogens with one attached hydrogen (secondary N) is 1. The van der Waals surface area contributed by atoms with Crippen molar-refractivity contribution in [3.8, 4) is 11.3 Å². The highest BCUT2D eigenvalue weighted by molar-refractivity contribution is 5.87. The van der Waals surface area contributed by atoms with Crippen LogP contribution in [0, 0.1) is 6.92 Å². The van der Waals surface area contributed by atoms with Crippen molar-refractivity contribution in [1.29, 1.82) is 0 Å². The molecule has 18 heavy (non-hydrogen) atoms. The lowest BCUT2D eigenvalue weighted by Gasteiger charge is -2.01. The van der Waals surface area contributed by atoms with E-state index in [1.165, 1.54) is 10.8 Å². The molecule has 0 aliphatic rings. The molecule has 0 unspecified atom stereocenters. The molecule has 0 aliphatic carbocycles. The van der Waals surface area contributed by atoms with Crippen molar-refractivity contribution in [1.82, 2.24) is 4.98 Å². The van der Waals surface area contributed by atoms with Crippen LogP contribution < -0.4 is 5.32 Å². The fourth-order valence-corrected chi connectivity index (χ4v) is 2.11. The molecule has 3 aromatic rings. The molecule has 1 aromatic heterocycles. The molecule has 1 heterocycles. The van der Waals surface area contributed by atoms with Crippen LogP contribution in [0.5, 0.6) is 0 Å². The predicted octanol–water partition coefficient (Wildman–Crippen LogP) is 3.84. The molecule has 90 valence electrons. The summed E-state index contributed by atoms with van der Waals surface area (Å²) in [6, 6.07) is 15.2. The highest BCUT2D eigenvalue weighted by Gasteiger charge is 2.10. The van der Waals surface area contributed by atoms with Crippen LogP contribution in [0.1, 0.15) is 5.76 Å². The molecule has 0 saturated heterocycles. The molecule has 0 bridgehead atoms. The fraction of sp³-hybridized carbons (Fsp3) is 0.133. The van der Waals surface area contributed by atoms with Gasteiger partial charge < -0.3 is 9.73 Å². The smallest absolute Gasteiger partial charge is 0.295 e. The minimum atomic E-state index is 0.552. The number of hydrogen-bond donors (Lipinski definition) is 1. The Hall–Kier alpha value is -2.29. The van der Waals surface area contributed by atoms with Crippen LogP contribution in [0.3, 0.4) is 0 Å². The quantitative estimate of drug-likeness (QED) is 0.737. The number of anilines is 1. The number of rotatable bonds is 2. The van der Waals surface area contributed by atoms with E-state index in [4.69, 9.17) is 4.42 Å². The van der Waals surface area contributed by atoms with Gasteiger partial charge in [0.2, 0.25) is 0 Å². The number of benzene rings is 2. The Bertz CT molecular complexity index is 701. The minimum absolute atomic E-state index is 0.552. The highest BCUT2D eigenvalue weighted by atomic mass is 16.4. The first-order valence-corrected chi connectivity index (χ1v) is 5.92. The van der Waals surface area contributed by atoms with Crippen LogP contribution in [0.15, 0.2) is 46.9 Å². The molecule has 3 rings (SSSR count). The lowest BCUT2D eigenvalue weighted by molar-refractivity contribution is 0.544. The lowest BCUT2D eigenvalue weighted by atomic mass is 10.0. The average Bonchev–Trinajstić information content (AvgIpc) is 2.79. The van der Waals surface area contributed by atoms with Crippen molar-refractivity contribution in [2.24, 2.45) is 0 Å². The first-order valence-electron chi connectivity index (χ1n) is 5.92. The van der Waals surface area contributed by atoms with Gasteiger partial charge in [0, 0.05) is 12.6 Å². The molecule has 0 spiro atoms. The SMILES string of the molecule is CNc1nc(-c2ccc3ccccc3c2)c(C)o1. The standard InChI is InChI=1S/C15H14N2O/c1-10-14(17-15(16-2)18-10)13-8-7-11-5-3-4-6-12(11)9-13/h3-9H,1-2H3,(H,16,17). The first kappa shape index (κ1) is 10.8. The van der Waals surface area contributed by atoms with Crippen LogP contribution >= 0.6 is 0 Å². The molecular weight excluding hydrogens is 224 g/mol. The summed E-state index contributed by atoms with van der Waals surface area (Å²) < 4.78 is 5.51. The Labute approximate surface area is 105 Å². The second-order valence-corrected chi connectivity index (χ2v) is 4.24. The Morgan fingerprint density at radius 1 is 1.06 bits per heavy atom. The van der Waals surface area contributed by atoms with Crippen molar-refractivity contribution in [3.63, 3.8) is 0 Å². The number of aromatic nitrogens is 1. The van der Waals surface area contributed by atoms with E-state index in [0.717, 1.165) is 17.0 Å². The van der Waals surface area contributed by atoms with E-state index in [2.05, 4.69) is 40.6 Å². The van der Waals surface area contributed by atoms with Gasteiger partial charge >= 0.3 is 0 Å².